The maximum absolute atomic E-state index is 12.9. The molecule has 5 heteroatoms. The summed E-state index contributed by atoms with van der Waals surface area (Å²) in [4.78, 5) is 11.7. The van der Waals surface area contributed by atoms with Crippen LogP contribution in [-0.2, 0) is 0 Å². The number of halogens is 2. The summed E-state index contributed by atoms with van der Waals surface area (Å²) < 4.78 is 25.9. The summed E-state index contributed by atoms with van der Waals surface area (Å²) in [6.45, 7) is 0.115. The van der Waals surface area contributed by atoms with E-state index in [1.165, 1.54) is 0 Å². The number of hydrogen-bond donors (Lipinski definition) is 2. The molecule has 0 heterocycles. The highest BCUT2D eigenvalue weighted by Crippen LogP contribution is 2.28. The number of hydrogen-bond acceptors (Lipinski definition) is 2. The van der Waals surface area contributed by atoms with Crippen molar-refractivity contribution < 1.29 is 18.7 Å². The lowest BCUT2D eigenvalue weighted by atomic mass is 10.0. The van der Waals surface area contributed by atoms with Gasteiger partial charge in [-0.3, -0.25) is 4.79 Å². The SMILES string of the molecule is O=C(NCC1(O)CCCC1)c1cc(F)cc(F)c1. The van der Waals surface area contributed by atoms with E-state index in [-0.39, 0.29) is 12.1 Å². The molecule has 0 spiro atoms. The van der Waals surface area contributed by atoms with Gasteiger partial charge in [0, 0.05) is 18.2 Å². The normalized spacial score (nSPS) is 17.7. The zero-order valence-electron chi connectivity index (χ0n) is 9.88. The molecule has 0 aromatic heterocycles. The first kappa shape index (κ1) is 13.0. The largest absolute Gasteiger partial charge is 0.388 e. The van der Waals surface area contributed by atoms with E-state index in [1.54, 1.807) is 0 Å². The van der Waals surface area contributed by atoms with Crippen LogP contribution in [0.3, 0.4) is 0 Å². The lowest BCUT2D eigenvalue weighted by molar-refractivity contribution is 0.0449. The maximum Gasteiger partial charge on any atom is 0.251 e. The second-order valence-electron chi connectivity index (χ2n) is 4.77. The van der Waals surface area contributed by atoms with Crippen molar-refractivity contribution in [2.75, 3.05) is 6.54 Å². The summed E-state index contributed by atoms with van der Waals surface area (Å²) in [6, 6.07) is 2.65. The third-order valence-corrected chi connectivity index (χ3v) is 3.24. The minimum atomic E-state index is -0.873. The highest BCUT2D eigenvalue weighted by molar-refractivity contribution is 5.94. The maximum atomic E-state index is 12.9. The summed E-state index contributed by atoms with van der Waals surface area (Å²) in [7, 11) is 0. The first-order valence-electron chi connectivity index (χ1n) is 5.95. The Morgan fingerprint density at radius 2 is 1.78 bits per heavy atom. The van der Waals surface area contributed by atoms with Gasteiger partial charge >= 0.3 is 0 Å². The minimum absolute atomic E-state index is 0.0749. The van der Waals surface area contributed by atoms with E-state index < -0.39 is 23.1 Å². The molecule has 0 atom stereocenters. The minimum Gasteiger partial charge on any atom is -0.388 e. The molecule has 0 radical (unpaired) electrons. The molecular formula is C13H15F2NO2. The third-order valence-electron chi connectivity index (χ3n) is 3.24. The number of aliphatic hydroxyl groups is 1. The topological polar surface area (TPSA) is 49.3 Å². The molecule has 98 valence electrons. The van der Waals surface area contributed by atoms with Crippen molar-refractivity contribution in [3.05, 3.63) is 35.4 Å². The molecule has 0 bridgehead atoms. The molecular weight excluding hydrogens is 240 g/mol. The standard InChI is InChI=1S/C13H15F2NO2/c14-10-5-9(6-11(15)7-10)12(17)16-8-13(18)3-1-2-4-13/h5-7,18H,1-4,8H2,(H,16,17). The number of amides is 1. The van der Waals surface area contributed by atoms with Crippen LogP contribution in [0.2, 0.25) is 0 Å². The van der Waals surface area contributed by atoms with E-state index in [1.807, 2.05) is 0 Å². The molecule has 1 aromatic carbocycles. The molecule has 1 saturated carbocycles. The lowest BCUT2D eigenvalue weighted by Crippen LogP contribution is -2.40. The fraction of sp³-hybridized carbons (Fsp3) is 0.462. The zero-order chi connectivity index (χ0) is 13.2. The van der Waals surface area contributed by atoms with Crippen molar-refractivity contribution in [2.24, 2.45) is 0 Å². The molecule has 1 fully saturated rings. The van der Waals surface area contributed by atoms with Crippen molar-refractivity contribution in [1.82, 2.24) is 5.32 Å². The second kappa shape index (κ2) is 5.02. The average molecular weight is 255 g/mol. The quantitative estimate of drug-likeness (QED) is 0.868. The summed E-state index contributed by atoms with van der Waals surface area (Å²) in [5.41, 5.74) is -0.948. The lowest BCUT2D eigenvalue weighted by Gasteiger charge is -2.22. The molecule has 2 rings (SSSR count). The Bertz CT molecular complexity index is 436. The van der Waals surface area contributed by atoms with Crippen molar-refractivity contribution in [2.45, 2.75) is 31.3 Å². The molecule has 0 saturated heterocycles. The first-order valence-corrected chi connectivity index (χ1v) is 5.95. The number of carbonyl (C=O) groups is 1. The molecule has 3 nitrogen and oxygen atoms in total. The summed E-state index contributed by atoms with van der Waals surface area (Å²) in [5.74, 6) is -2.16. The van der Waals surface area contributed by atoms with Crippen molar-refractivity contribution in [3.63, 3.8) is 0 Å². The predicted octanol–water partition coefficient (Wildman–Crippen LogP) is 2.00. The Kier molecular flexibility index (Phi) is 3.61. The predicted molar refractivity (Wildman–Crippen MR) is 62.1 cm³/mol. The van der Waals surface area contributed by atoms with Gasteiger partial charge in [0.25, 0.3) is 5.91 Å². The molecule has 1 aromatic rings. The van der Waals surface area contributed by atoms with Crippen LogP contribution in [0.5, 0.6) is 0 Å². The van der Waals surface area contributed by atoms with Crippen LogP contribution in [0, 0.1) is 11.6 Å². The van der Waals surface area contributed by atoms with Crippen LogP contribution in [0.4, 0.5) is 8.78 Å². The molecule has 1 aliphatic carbocycles. The van der Waals surface area contributed by atoms with Gasteiger partial charge in [0.1, 0.15) is 11.6 Å². The van der Waals surface area contributed by atoms with Gasteiger partial charge in [0.05, 0.1) is 5.60 Å². The number of carbonyl (C=O) groups excluding carboxylic acids is 1. The van der Waals surface area contributed by atoms with Gasteiger partial charge < -0.3 is 10.4 Å². The smallest absolute Gasteiger partial charge is 0.251 e. The van der Waals surface area contributed by atoms with Crippen molar-refractivity contribution in [1.29, 1.82) is 0 Å². The Hall–Kier alpha value is -1.49. The number of benzene rings is 1. The van der Waals surface area contributed by atoms with Gasteiger partial charge in [-0.05, 0) is 25.0 Å². The van der Waals surface area contributed by atoms with Crippen LogP contribution in [0.1, 0.15) is 36.0 Å². The number of nitrogens with one attached hydrogen (secondary N) is 1. The Labute approximate surface area is 104 Å². The van der Waals surface area contributed by atoms with Crippen LogP contribution in [0.15, 0.2) is 18.2 Å². The van der Waals surface area contributed by atoms with Gasteiger partial charge in [0.15, 0.2) is 0 Å². The van der Waals surface area contributed by atoms with Crippen molar-refractivity contribution >= 4 is 5.91 Å². The monoisotopic (exact) mass is 255 g/mol. The van der Waals surface area contributed by atoms with E-state index in [4.69, 9.17) is 0 Å². The van der Waals surface area contributed by atoms with Gasteiger partial charge in [-0.25, -0.2) is 8.78 Å². The third kappa shape index (κ3) is 3.04. The Balaban J connectivity index is 1.99. The van der Waals surface area contributed by atoms with Gasteiger partial charge in [0.2, 0.25) is 0 Å². The molecule has 1 aliphatic rings. The van der Waals surface area contributed by atoms with Gasteiger partial charge in [-0.1, -0.05) is 12.8 Å². The fourth-order valence-corrected chi connectivity index (χ4v) is 2.24. The van der Waals surface area contributed by atoms with E-state index in [2.05, 4.69) is 5.32 Å². The van der Waals surface area contributed by atoms with Gasteiger partial charge in [-0.2, -0.15) is 0 Å². The van der Waals surface area contributed by atoms with Crippen molar-refractivity contribution in [3.8, 4) is 0 Å². The summed E-state index contributed by atoms with van der Waals surface area (Å²) >= 11 is 0. The van der Waals surface area contributed by atoms with Crippen LogP contribution < -0.4 is 5.32 Å². The molecule has 2 N–H and O–H groups in total. The van der Waals surface area contributed by atoms with E-state index in [0.29, 0.717) is 18.9 Å². The van der Waals surface area contributed by atoms with Crippen LogP contribution in [-0.4, -0.2) is 23.2 Å². The average Bonchev–Trinajstić information content (AvgIpc) is 2.72. The Morgan fingerprint density at radius 1 is 1.22 bits per heavy atom. The summed E-state index contributed by atoms with van der Waals surface area (Å²) in [6.07, 6.45) is 3.15. The van der Waals surface area contributed by atoms with Gasteiger partial charge in [-0.15, -0.1) is 0 Å². The van der Waals surface area contributed by atoms with E-state index in [9.17, 15) is 18.7 Å². The summed E-state index contributed by atoms with van der Waals surface area (Å²) in [5, 5.41) is 12.5. The second-order valence-corrected chi connectivity index (χ2v) is 4.77. The van der Waals surface area contributed by atoms with Crippen LogP contribution in [0.25, 0.3) is 0 Å². The van der Waals surface area contributed by atoms with E-state index in [0.717, 1.165) is 25.0 Å². The highest BCUT2D eigenvalue weighted by atomic mass is 19.1. The zero-order valence-corrected chi connectivity index (χ0v) is 9.88. The highest BCUT2D eigenvalue weighted by Gasteiger charge is 2.31. The first-order chi connectivity index (χ1) is 8.48. The van der Waals surface area contributed by atoms with Crippen LogP contribution >= 0.6 is 0 Å². The molecule has 1 amide bonds. The molecule has 0 aliphatic heterocycles. The number of rotatable bonds is 3. The fourth-order valence-electron chi connectivity index (χ4n) is 2.24. The van der Waals surface area contributed by atoms with E-state index >= 15 is 0 Å². The molecule has 18 heavy (non-hydrogen) atoms. The molecule has 0 unspecified atom stereocenters. The Morgan fingerprint density at radius 3 is 2.33 bits per heavy atom.